The molecule has 1 amide bonds. The van der Waals surface area contributed by atoms with Crippen molar-refractivity contribution >= 4 is 22.9 Å². The minimum Gasteiger partial charge on any atom is -0.377 e. The van der Waals surface area contributed by atoms with E-state index >= 15 is 0 Å². The van der Waals surface area contributed by atoms with Gasteiger partial charge in [0, 0.05) is 11.6 Å². The second kappa shape index (κ2) is 4.96. The lowest BCUT2D eigenvalue weighted by Gasteiger charge is -1.99. The summed E-state index contributed by atoms with van der Waals surface area (Å²) in [6.07, 6.45) is 3.39. The van der Waals surface area contributed by atoms with Crippen molar-refractivity contribution in [3.05, 3.63) is 28.5 Å². The number of carbonyl (C=O) groups is 1. The Morgan fingerprint density at radius 1 is 1.65 bits per heavy atom. The summed E-state index contributed by atoms with van der Waals surface area (Å²) in [5.74, 6) is -0.408. The van der Waals surface area contributed by atoms with E-state index in [-0.39, 0.29) is 6.54 Å². The molecule has 0 bridgehead atoms. The monoisotopic (exact) mass is 251 g/mol. The molecule has 2 rings (SSSR count). The quantitative estimate of drug-likeness (QED) is 0.821. The number of anilines is 1. The molecule has 0 unspecified atom stereocenters. The maximum absolute atomic E-state index is 10.7. The molecule has 3 N–H and O–H groups in total. The molecular weight excluding hydrogens is 238 g/mol. The van der Waals surface area contributed by atoms with Crippen LogP contribution in [0.3, 0.4) is 0 Å². The Hall–Kier alpha value is -1.89. The maximum atomic E-state index is 10.7. The van der Waals surface area contributed by atoms with Crippen molar-refractivity contribution in [2.45, 2.75) is 20.0 Å². The van der Waals surface area contributed by atoms with E-state index < -0.39 is 5.91 Å². The van der Waals surface area contributed by atoms with E-state index in [1.54, 1.807) is 23.7 Å². The highest BCUT2D eigenvalue weighted by atomic mass is 32.1. The number of amides is 1. The van der Waals surface area contributed by atoms with E-state index in [0.717, 1.165) is 16.4 Å². The zero-order valence-corrected chi connectivity index (χ0v) is 10.2. The first-order valence-electron chi connectivity index (χ1n) is 5.09. The molecule has 0 saturated heterocycles. The van der Waals surface area contributed by atoms with Gasteiger partial charge in [-0.15, -0.1) is 11.3 Å². The van der Waals surface area contributed by atoms with Crippen LogP contribution in [-0.2, 0) is 17.9 Å². The van der Waals surface area contributed by atoms with E-state index in [1.165, 1.54) is 4.68 Å². The average Bonchev–Trinajstić information content (AvgIpc) is 2.84. The number of nitrogens with two attached hydrogens (primary N) is 1. The minimum atomic E-state index is -0.408. The third-order valence-corrected chi connectivity index (χ3v) is 2.91. The van der Waals surface area contributed by atoms with Crippen molar-refractivity contribution in [1.29, 1.82) is 0 Å². The number of nitrogens with one attached hydrogen (secondary N) is 1. The first kappa shape index (κ1) is 11.6. The van der Waals surface area contributed by atoms with Gasteiger partial charge >= 0.3 is 0 Å². The molecule has 0 radical (unpaired) electrons. The summed E-state index contributed by atoms with van der Waals surface area (Å²) in [6, 6.07) is 0. The molecule has 0 aromatic carbocycles. The van der Waals surface area contributed by atoms with Crippen molar-refractivity contribution in [2.75, 3.05) is 5.32 Å². The SMILES string of the molecule is Cc1nc(CNc2cnn(CC(N)=O)c2)cs1. The predicted octanol–water partition coefficient (Wildman–Crippen LogP) is 0.745. The molecular formula is C10H13N5OS. The van der Waals surface area contributed by atoms with E-state index in [4.69, 9.17) is 5.73 Å². The van der Waals surface area contributed by atoms with Gasteiger partial charge in [-0.05, 0) is 6.92 Å². The highest BCUT2D eigenvalue weighted by Gasteiger charge is 2.02. The van der Waals surface area contributed by atoms with Crippen molar-refractivity contribution in [1.82, 2.24) is 14.8 Å². The second-order valence-corrected chi connectivity index (χ2v) is 4.67. The second-order valence-electron chi connectivity index (χ2n) is 3.60. The number of nitrogens with zero attached hydrogens (tertiary/aromatic N) is 3. The van der Waals surface area contributed by atoms with Crippen LogP contribution in [0.5, 0.6) is 0 Å². The molecule has 90 valence electrons. The fraction of sp³-hybridized carbons (Fsp3) is 0.300. The van der Waals surface area contributed by atoms with Gasteiger partial charge in [0.15, 0.2) is 0 Å². The molecule has 0 spiro atoms. The largest absolute Gasteiger partial charge is 0.377 e. The topological polar surface area (TPSA) is 85.8 Å². The number of hydrogen-bond acceptors (Lipinski definition) is 5. The fourth-order valence-electron chi connectivity index (χ4n) is 1.38. The third-order valence-electron chi connectivity index (χ3n) is 2.09. The van der Waals surface area contributed by atoms with Crippen LogP contribution in [0.4, 0.5) is 5.69 Å². The van der Waals surface area contributed by atoms with Gasteiger partial charge in [0.05, 0.1) is 29.1 Å². The maximum Gasteiger partial charge on any atom is 0.239 e. The molecule has 0 aliphatic rings. The summed E-state index contributed by atoms with van der Waals surface area (Å²) in [7, 11) is 0. The van der Waals surface area contributed by atoms with Crippen LogP contribution >= 0.6 is 11.3 Å². The standard InChI is InChI=1S/C10H13N5OS/c1-7-14-9(6-17-7)2-12-8-3-13-15(4-8)5-10(11)16/h3-4,6,12H,2,5H2,1H3,(H2,11,16). The molecule has 2 aromatic heterocycles. The highest BCUT2D eigenvalue weighted by Crippen LogP contribution is 2.11. The summed E-state index contributed by atoms with van der Waals surface area (Å²) in [4.78, 5) is 15.0. The molecule has 17 heavy (non-hydrogen) atoms. The Morgan fingerprint density at radius 2 is 2.47 bits per heavy atom. The van der Waals surface area contributed by atoms with Gasteiger partial charge in [-0.1, -0.05) is 0 Å². The van der Waals surface area contributed by atoms with E-state index in [0.29, 0.717) is 6.54 Å². The number of carbonyl (C=O) groups excluding carboxylic acids is 1. The number of hydrogen-bond donors (Lipinski definition) is 2. The lowest BCUT2D eigenvalue weighted by Crippen LogP contribution is -2.18. The van der Waals surface area contributed by atoms with Crippen LogP contribution in [-0.4, -0.2) is 20.7 Å². The van der Waals surface area contributed by atoms with Gasteiger partial charge in [-0.3, -0.25) is 9.48 Å². The van der Waals surface area contributed by atoms with Gasteiger partial charge in [0.2, 0.25) is 5.91 Å². The van der Waals surface area contributed by atoms with Crippen LogP contribution in [0, 0.1) is 6.92 Å². The van der Waals surface area contributed by atoms with Crippen molar-refractivity contribution < 1.29 is 4.79 Å². The predicted molar refractivity (Wildman–Crippen MR) is 65.6 cm³/mol. The number of thiazole rings is 1. The summed E-state index contributed by atoms with van der Waals surface area (Å²) in [5.41, 5.74) is 6.91. The summed E-state index contributed by atoms with van der Waals surface area (Å²) >= 11 is 1.62. The molecule has 0 fully saturated rings. The average molecular weight is 251 g/mol. The Labute approximate surface area is 102 Å². The molecule has 0 saturated carbocycles. The minimum absolute atomic E-state index is 0.0947. The summed E-state index contributed by atoms with van der Waals surface area (Å²) in [5, 5.41) is 10.2. The zero-order chi connectivity index (χ0) is 12.3. The Bertz CT molecular complexity index is 518. The van der Waals surface area contributed by atoms with Crippen LogP contribution < -0.4 is 11.1 Å². The Balaban J connectivity index is 1.91. The van der Waals surface area contributed by atoms with Gasteiger partial charge in [0.25, 0.3) is 0 Å². The van der Waals surface area contributed by atoms with Crippen LogP contribution in [0.15, 0.2) is 17.8 Å². The molecule has 2 heterocycles. The number of aromatic nitrogens is 3. The van der Waals surface area contributed by atoms with Gasteiger partial charge in [-0.2, -0.15) is 5.10 Å². The lowest BCUT2D eigenvalue weighted by atomic mass is 10.4. The van der Waals surface area contributed by atoms with Crippen LogP contribution in [0.2, 0.25) is 0 Å². The lowest BCUT2D eigenvalue weighted by molar-refractivity contribution is -0.118. The van der Waals surface area contributed by atoms with Crippen LogP contribution in [0.1, 0.15) is 10.7 Å². The van der Waals surface area contributed by atoms with Gasteiger partial charge in [-0.25, -0.2) is 4.98 Å². The molecule has 2 aromatic rings. The van der Waals surface area contributed by atoms with E-state index in [2.05, 4.69) is 15.4 Å². The number of rotatable bonds is 5. The smallest absolute Gasteiger partial charge is 0.239 e. The molecule has 0 atom stereocenters. The molecule has 0 aliphatic heterocycles. The first-order chi connectivity index (χ1) is 8.13. The molecule has 0 aliphatic carbocycles. The normalized spacial score (nSPS) is 10.4. The van der Waals surface area contributed by atoms with Crippen molar-refractivity contribution in [3.63, 3.8) is 0 Å². The number of aryl methyl sites for hydroxylation is 1. The zero-order valence-electron chi connectivity index (χ0n) is 9.38. The van der Waals surface area contributed by atoms with Gasteiger partial charge in [0.1, 0.15) is 6.54 Å². The van der Waals surface area contributed by atoms with Crippen molar-refractivity contribution in [3.8, 4) is 0 Å². The number of primary amides is 1. The Kier molecular flexibility index (Phi) is 3.38. The van der Waals surface area contributed by atoms with E-state index in [9.17, 15) is 4.79 Å². The Morgan fingerprint density at radius 3 is 3.12 bits per heavy atom. The van der Waals surface area contributed by atoms with Crippen molar-refractivity contribution in [2.24, 2.45) is 5.73 Å². The molecule has 7 heteroatoms. The summed E-state index contributed by atoms with van der Waals surface area (Å²) in [6.45, 7) is 2.71. The highest BCUT2D eigenvalue weighted by molar-refractivity contribution is 7.09. The summed E-state index contributed by atoms with van der Waals surface area (Å²) < 4.78 is 1.50. The molecule has 6 nitrogen and oxygen atoms in total. The van der Waals surface area contributed by atoms with E-state index in [1.807, 2.05) is 12.3 Å². The fourth-order valence-corrected chi connectivity index (χ4v) is 2.00. The first-order valence-corrected chi connectivity index (χ1v) is 5.97. The van der Waals surface area contributed by atoms with Crippen LogP contribution in [0.25, 0.3) is 0 Å². The van der Waals surface area contributed by atoms with Gasteiger partial charge < -0.3 is 11.1 Å². The third kappa shape index (κ3) is 3.28.